The van der Waals surface area contributed by atoms with Gasteiger partial charge in [-0.3, -0.25) is 4.68 Å². The highest BCUT2D eigenvalue weighted by Crippen LogP contribution is 2.31. The summed E-state index contributed by atoms with van der Waals surface area (Å²) in [6.07, 6.45) is 2.49. The molecule has 2 N–H and O–H groups in total. The number of hydrogen-bond acceptors (Lipinski definition) is 5. The first-order valence-electron chi connectivity index (χ1n) is 10.2. The van der Waals surface area contributed by atoms with Crippen LogP contribution in [0.3, 0.4) is 0 Å². The van der Waals surface area contributed by atoms with E-state index >= 15 is 0 Å². The molecular weight excluding hydrogens is 539 g/mol. The highest BCUT2D eigenvalue weighted by molar-refractivity contribution is 9.10. The van der Waals surface area contributed by atoms with Gasteiger partial charge >= 0.3 is 5.97 Å². The first-order chi connectivity index (χ1) is 16.4. The van der Waals surface area contributed by atoms with Crippen LogP contribution in [0.25, 0.3) is 0 Å². The van der Waals surface area contributed by atoms with Crippen molar-refractivity contribution in [3.05, 3.63) is 98.7 Å². The van der Waals surface area contributed by atoms with Crippen molar-refractivity contribution in [1.29, 1.82) is 0 Å². The summed E-state index contributed by atoms with van der Waals surface area (Å²) in [6, 6.07) is 18.1. The van der Waals surface area contributed by atoms with Crippen LogP contribution in [-0.2, 0) is 17.7 Å². The van der Waals surface area contributed by atoms with Gasteiger partial charge in [-0.15, -0.1) is 11.3 Å². The lowest BCUT2D eigenvalue weighted by Gasteiger charge is -2.09. The van der Waals surface area contributed by atoms with Crippen molar-refractivity contribution >= 4 is 61.4 Å². The molecule has 4 aromatic rings. The molecule has 4 rings (SSSR count). The van der Waals surface area contributed by atoms with Crippen LogP contribution >= 0.6 is 39.5 Å². The third kappa shape index (κ3) is 6.07. The molecule has 0 amide bonds. The highest BCUT2D eigenvalue weighted by atomic mass is 79.9. The molecule has 2 aromatic heterocycles. The highest BCUT2D eigenvalue weighted by Gasteiger charge is 2.19. The van der Waals surface area contributed by atoms with E-state index in [2.05, 4.69) is 31.7 Å². The summed E-state index contributed by atoms with van der Waals surface area (Å²) in [4.78, 5) is 13.3. The summed E-state index contributed by atoms with van der Waals surface area (Å²) in [5.41, 5.74) is 2.47. The number of esters is 1. The number of hydrogen-bond donors (Lipinski definition) is 2. The van der Waals surface area contributed by atoms with E-state index in [-0.39, 0.29) is 10.9 Å². The van der Waals surface area contributed by atoms with Crippen LogP contribution in [0.2, 0.25) is 0 Å². The standard InChI is InChI=1S/C24H20BrFN4O2S2/c1-32-23(31)19-12-18(11-15-5-3-2-4-6-15)34-22(19)28-24(33)27-21-20(25)14-30(29-21)13-16-7-9-17(26)10-8-16/h2-10,12,14H,11,13H2,1H3,(H2,27,28,29,33). The number of aromatic nitrogens is 2. The van der Waals surface area contributed by atoms with Gasteiger partial charge in [0.15, 0.2) is 10.9 Å². The third-order valence-corrected chi connectivity index (χ3v) is 6.68. The van der Waals surface area contributed by atoms with E-state index in [1.807, 2.05) is 36.4 Å². The predicted octanol–water partition coefficient (Wildman–Crippen LogP) is 6.08. The van der Waals surface area contributed by atoms with Crippen LogP contribution in [0.5, 0.6) is 0 Å². The van der Waals surface area contributed by atoms with E-state index in [0.29, 0.717) is 33.8 Å². The normalized spacial score (nSPS) is 10.7. The fraction of sp³-hybridized carbons (Fsp3) is 0.125. The number of carbonyl (C=O) groups excluding carboxylic acids is 1. The summed E-state index contributed by atoms with van der Waals surface area (Å²) in [7, 11) is 1.35. The zero-order valence-corrected chi connectivity index (χ0v) is 21.3. The molecule has 0 bridgehead atoms. The summed E-state index contributed by atoms with van der Waals surface area (Å²) < 4.78 is 20.5. The maximum absolute atomic E-state index is 13.1. The number of thiocarbonyl (C=S) groups is 1. The van der Waals surface area contributed by atoms with Gasteiger partial charge in [0.25, 0.3) is 0 Å². The molecular formula is C24H20BrFN4O2S2. The number of nitrogens with one attached hydrogen (secondary N) is 2. The van der Waals surface area contributed by atoms with Gasteiger partial charge in [-0.25, -0.2) is 9.18 Å². The fourth-order valence-electron chi connectivity index (χ4n) is 3.26. The topological polar surface area (TPSA) is 68.2 Å². The molecule has 2 aromatic carbocycles. The molecule has 0 aliphatic carbocycles. The largest absolute Gasteiger partial charge is 0.465 e. The van der Waals surface area contributed by atoms with Crippen molar-refractivity contribution in [2.24, 2.45) is 0 Å². The lowest BCUT2D eigenvalue weighted by Crippen LogP contribution is -2.20. The Labute approximate surface area is 213 Å². The summed E-state index contributed by atoms with van der Waals surface area (Å²) in [5.74, 6) is -0.207. The van der Waals surface area contributed by atoms with Crippen molar-refractivity contribution in [2.75, 3.05) is 17.7 Å². The van der Waals surface area contributed by atoms with Gasteiger partial charge in [-0.2, -0.15) is 5.10 Å². The van der Waals surface area contributed by atoms with Crippen molar-refractivity contribution in [3.63, 3.8) is 0 Å². The molecule has 34 heavy (non-hydrogen) atoms. The number of nitrogens with zero attached hydrogens (tertiary/aromatic N) is 2. The van der Waals surface area contributed by atoms with E-state index in [1.54, 1.807) is 23.0 Å². The Hall–Kier alpha value is -3.08. The van der Waals surface area contributed by atoms with Crippen LogP contribution < -0.4 is 10.6 Å². The molecule has 0 unspecified atom stereocenters. The molecule has 0 saturated carbocycles. The van der Waals surface area contributed by atoms with Crippen molar-refractivity contribution in [2.45, 2.75) is 13.0 Å². The molecule has 0 fully saturated rings. The van der Waals surface area contributed by atoms with Crippen LogP contribution in [0.15, 0.2) is 71.3 Å². The van der Waals surface area contributed by atoms with E-state index in [0.717, 1.165) is 16.0 Å². The molecule has 0 atom stereocenters. The number of ether oxygens (including phenoxy) is 1. The summed E-state index contributed by atoms with van der Waals surface area (Å²) in [6.45, 7) is 0.473. The summed E-state index contributed by atoms with van der Waals surface area (Å²) in [5, 5.41) is 11.5. The molecule has 0 radical (unpaired) electrons. The molecule has 174 valence electrons. The van der Waals surface area contributed by atoms with Gasteiger partial charge in [-0.05, 0) is 57.5 Å². The van der Waals surface area contributed by atoms with Gasteiger partial charge < -0.3 is 15.4 Å². The quantitative estimate of drug-likeness (QED) is 0.211. The molecule has 10 heteroatoms. The van der Waals surface area contributed by atoms with E-state index in [9.17, 15) is 9.18 Å². The minimum Gasteiger partial charge on any atom is -0.465 e. The Morgan fingerprint density at radius 2 is 1.88 bits per heavy atom. The average Bonchev–Trinajstić information content (AvgIpc) is 3.37. The Bertz CT molecular complexity index is 1310. The molecule has 0 spiro atoms. The number of halogens is 2. The monoisotopic (exact) mass is 558 g/mol. The van der Waals surface area contributed by atoms with Gasteiger partial charge in [0.1, 0.15) is 10.8 Å². The Kier molecular flexibility index (Phi) is 7.71. The van der Waals surface area contributed by atoms with Gasteiger partial charge in [0.2, 0.25) is 0 Å². The average molecular weight is 559 g/mol. The second-order valence-electron chi connectivity index (χ2n) is 7.34. The Morgan fingerprint density at radius 1 is 1.15 bits per heavy atom. The lowest BCUT2D eigenvalue weighted by atomic mass is 10.1. The number of methoxy groups -OCH3 is 1. The van der Waals surface area contributed by atoms with Crippen molar-refractivity contribution in [3.8, 4) is 0 Å². The fourth-order valence-corrected chi connectivity index (χ4v) is 5.02. The van der Waals surface area contributed by atoms with Crippen molar-refractivity contribution in [1.82, 2.24) is 9.78 Å². The van der Waals surface area contributed by atoms with Crippen LogP contribution in [0.4, 0.5) is 15.2 Å². The first kappa shape index (κ1) is 24.1. The summed E-state index contributed by atoms with van der Waals surface area (Å²) >= 11 is 10.4. The van der Waals surface area contributed by atoms with Gasteiger partial charge in [-0.1, -0.05) is 42.5 Å². The minimum atomic E-state index is -0.439. The number of anilines is 2. The van der Waals surface area contributed by atoms with Crippen LogP contribution in [0.1, 0.15) is 26.4 Å². The predicted molar refractivity (Wildman–Crippen MR) is 140 cm³/mol. The first-order valence-corrected chi connectivity index (χ1v) is 12.2. The van der Waals surface area contributed by atoms with E-state index in [1.165, 1.54) is 30.6 Å². The SMILES string of the molecule is COC(=O)c1cc(Cc2ccccc2)sc1NC(=S)Nc1nn(Cc2ccc(F)cc2)cc1Br. The van der Waals surface area contributed by atoms with E-state index in [4.69, 9.17) is 17.0 Å². The number of carbonyl (C=O) groups is 1. The molecule has 0 aliphatic rings. The molecule has 6 nitrogen and oxygen atoms in total. The van der Waals surface area contributed by atoms with Crippen LogP contribution in [-0.4, -0.2) is 28.0 Å². The number of thiophene rings is 1. The van der Waals surface area contributed by atoms with Crippen molar-refractivity contribution < 1.29 is 13.9 Å². The molecule has 2 heterocycles. The maximum Gasteiger partial charge on any atom is 0.340 e. The number of rotatable bonds is 7. The third-order valence-electron chi connectivity index (χ3n) is 4.84. The second-order valence-corrected chi connectivity index (χ2v) is 9.74. The van der Waals surface area contributed by atoms with Crippen LogP contribution in [0, 0.1) is 5.82 Å². The number of benzene rings is 2. The minimum absolute atomic E-state index is 0.281. The Morgan fingerprint density at radius 3 is 2.59 bits per heavy atom. The zero-order valence-electron chi connectivity index (χ0n) is 18.0. The lowest BCUT2D eigenvalue weighted by molar-refractivity contribution is 0.0602. The van der Waals surface area contributed by atoms with E-state index < -0.39 is 5.97 Å². The maximum atomic E-state index is 13.1. The molecule has 0 aliphatic heterocycles. The van der Waals surface area contributed by atoms with Gasteiger partial charge in [0.05, 0.1) is 23.7 Å². The second kappa shape index (κ2) is 10.9. The zero-order chi connectivity index (χ0) is 24.1. The smallest absolute Gasteiger partial charge is 0.340 e. The Balaban J connectivity index is 1.46. The van der Waals surface area contributed by atoms with Gasteiger partial charge in [0, 0.05) is 17.5 Å². The molecule has 0 saturated heterocycles.